The van der Waals surface area contributed by atoms with Crippen molar-refractivity contribution in [2.75, 3.05) is 5.75 Å². The van der Waals surface area contributed by atoms with Crippen LogP contribution >= 0.6 is 0 Å². The fourth-order valence-electron chi connectivity index (χ4n) is 5.41. The van der Waals surface area contributed by atoms with Gasteiger partial charge in [0.25, 0.3) is 21.9 Å². The number of hydrogen-bond acceptors (Lipinski definition) is 7. The molecule has 33 heavy (non-hydrogen) atoms. The summed E-state index contributed by atoms with van der Waals surface area (Å²) in [7, 11) is -4.20. The standard InChI is InChI=1S/C24H23NO7S/c1-14(2)23(28)31-17-10-16-4-3-5-18-20(16)19(11-17)22(27)25(21(18)26)32-33(29,30)13-24-8-6-15(12-24)7-9-24/h3-5,10-11,15H,1,6-9,12-13H2,2H3. The van der Waals surface area contributed by atoms with Crippen molar-refractivity contribution in [3.8, 4) is 5.75 Å². The van der Waals surface area contributed by atoms with Gasteiger partial charge in [-0.3, -0.25) is 9.59 Å². The molecule has 2 bridgehead atoms. The van der Waals surface area contributed by atoms with Gasteiger partial charge in [-0.1, -0.05) is 18.7 Å². The zero-order valence-corrected chi connectivity index (χ0v) is 18.9. The van der Waals surface area contributed by atoms with Crippen molar-refractivity contribution < 1.29 is 31.8 Å². The van der Waals surface area contributed by atoms with Crippen molar-refractivity contribution in [1.82, 2.24) is 5.06 Å². The fourth-order valence-corrected chi connectivity index (χ4v) is 6.98. The van der Waals surface area contributed by atoms with Gasteiger partial charge in [0.05, 0.1) is 16.9 Å². The molecule has 2 aromatic rings. The van der Waals surface area contributed by atoms with Crippen LogP contribution < -0.4 is 4.74 Å². The third-order valence-electron chi connectivity index (χ3n) is 6.90. The molecule has 0 saturated heterocycles. The lowest BCUT2D eigenvalue weighted by Crippen LogP contribution is -2.43. The van der Waals surface area contributed by atoms with E-state index >= 15 is 0 Å². The number of nitrogens with zero attached hydrogens (tertiary/aromatic N) is 1. The highest BCUT2D eigenvalue weighted by atomic mass is 32.2. The molecule has 0 spiro atoms. The Morgan fingerprint density at radius 2 is 1.85 bits per heavy atom. The van der Waals surface area contributed by atoms with Crippen molar-refractivity contribution in [2.45, 2.75) is 39.0 Å². The molecule has 172 valence electrons. The molecule has 8 nitrogen and oxygen atoms in total. The van der Waals surface area contributed by atoms with Crippen molar-refractivity contribution >= 4 is 38.7 Å². The number of fused-ring (bicyclic) bond motifs is 2. The molecule has 1 aliphatic heterocycles. The van der Waals surface area contributed by atoms with Gasteiger partial charge in [-0.25, -0.2) is 4.79 Å². The molecule has 0 N–H and O–H groups in total. The number of benzene rings is 2. The van der Waals surface area contributed by atoms with Crippen LogP contribution in [0, 0.1) is 11.3 Å². The average Bonchev–Trinajstić information content (AvgIpc) is 3.34. The van der Waals surface area contributed by atoms with Gasteiger partial charge in [-0.15, -0.1) is 9.35 Å². The van der Waals surface area contributed by atoms with Crippen LogP contribution in [0.2, 0.25) is 0 Å². The Balaban J connectivity index is 1.49. The third-order valence-corrected chi connectivity index (χ3v) is 8.24. The lowest BCUT2D eigenvalue weighted by Gasteiger charge is -2.29. The Kier molecular flexibility index (Phi) is 4.95. The lowest BCUT2D eigenvalue weighted by atomic mass is 9.87. The number of esters is 1. The Morgan fingerprint density at radius 1 is 1.15 bits per heavy atom. The zero-order chi connectivity index (χ0) is 23.5. The predicted molar refractivity (Wildman–Crippen MR) is 119 cm³/mol. The number of carbonyl (C=O) groups is 3. The molecule has 0 radical (unpaired) electrons. The van der Waals surface area contributed by atoms with Gasteiger partial charge >= 0.3 is 5.97 Å². The zero-order valence-electron chi connectivity index (χ0n) is 18.1. The molecular weight excluding hydrogens is 446 g/mol. The Morgan fingerprint density at radius 3 is 2.48 bits per heavy atom. The summed E-state index contributed by atoms with van der Waals surface area (Å²) < 4.78 is 36.3. The highest BCUT2D eigenvalue weighted by Gasteiger charge is 2.48. The molecule has 2 saturated carbocycles. The van der Waals surface area contributed by atoms with Crippen LogP contribution in [0.3, 0.4) is 0 Å². The van der Waals surface area contributed by atoms with Gasteiger partial charge in [0.1, 0.15) is 5.75 Å². The predicted octanol–water partition coefficient (Wildman–Crippen LogP) is 3.76. The smallest absolute Gasteiger partial charge is 0.338 e. The second-order valence-electron chi connectivity index (χ2n) is 9.37. The number of rotatable bonds is 6. The van der Waals surface area contributed by atoms with Crippen molar-refractivity contribution in [1.29, 1.82) is 0 Å². The first kappa shape index (κ1) is 21.8. The van der Waals surface area contributed by atoms with Gasteiger partial charge in [0.15, 0.2) is 0 Å². The molecule has 2 fully saturated rings. The number of hydroxylamine groups is 2. The maximum atomic E-state index is 13.2. The van der Waals surface area contributed by atoms with E-state index in [0.29, 0.717) is 21.8 Å². The maximum absolute atomic E-state index is 13.2. The maximum Gasteiger partial charge on any atom is 0.338 e. The van der Waals surface area contributed by atoms with E-state index < -0.39 is 27.9 Å². The summed E-state index contributed by atoms with van der Waals surface area (Å²) in [5, 5.41) is 1.17. The summed E-state index contributed by atoms with van der Waals surface area (Å²) in [5.74, 6) is -2.03. The van der Waals surface area contributed by atoms with Crippen LogP contribution in [0.4, 0.5) is 0 Å². The first-order chi connectivity index (χ1) is 15.6. The molecule has 0 unspecified atom stereocenters. The molecule has 2 aliphatic carbocycles. The minimum Gasteiger partial charge on any atom is -0.423 e. The SMILES string of the molecule is C=C(C)C(=O)Oc1cc2c3c(cccc3c1)C(=O)N(OS(=O)(=O)CC13CCC(CC1)C3)C2=O. The van der Waals surface area contributed by atoms with E-state index in [1.54, 1.807) is 12.1 Å². The van der Waals surface area contributed by atoms with Crippen LogP contribution in [0.1, 0.15) is 59.7 Å². The summed E-state index contributed by atoms with van der Waals surface area (Å²) >= 11 is 0. The minimum atomic E-state index is -4.20. The monoisotopic (exact) mass is 469 g/mol. The van der Waals surface area contributed by atoms with Gasteiger partial charge in [0.2, 0.25) is 0 Å². The van der Waals surface area contributed by atoms with Gasteiger partial charge in [-0.2, -0.15) is 8.42 Å². The van der Waals surface area contributed by atoms with Gasteiger partial charge < -0.3 is 4.74 Å². The molecule has 2 aromatic carbocycles. The summed E-state index contributed by atoms with van der Waals surface area (Å²) in [6, 6.07) is 7.61. The van der Waals surface area contributed by atoms with E-state index in [-0.39, 0.29) is 33.6 Å². The molecule has 9 heteroatoms. The van der Waals surface area contributed by atoms with E-state index in [0.717, 1.165) is 32.1 Å². The Hall–Kier alpha value is -3.04. The van der Waals surface area contributed by atoms with Crippen LogP contribution in [0.15, 0.2) is 42.5 Å². The van der Waals surface area contributed by atoms with Gasteiger partial charge in [-0.05, 0) is 73.9 Å². The Labute approximate surface area is 191 Å². The highest BCUT2D eigenvalue weighted by Crippen LogP contribution is 2.54. The van der Waals surface area contributed by atoms with Crippen LogP contribution in [-0.2, 0) is 19.2 Å². The second-order valence-corrected chi connectivity index (χ2v) is 10.9. The first-order valence-corrected chi connectivity index (χ1v) is 12.4. The Bertz CT molecular complexity index is 1340. The average molecular weight is 470 g/mol. The topological polar surface area (TPSA) is 107 Å². The fraction of sp³-hybridized carbons (Fsp3) is 0.375. The van der Waals surface area contributed by atoms with Crippen LogP contribution in [-0.4, -0.2) is 37.0 Å². The quantitative estimate of drug-likeness (QED) is 0.274. The highest BCUT2D eigenvalue weighted by molar-refractivity contribution is 7.86. The number of imide groups is 1. The van der Waals surface area contributed by atoms with Crippen LogP contribution in [0.25, 0.3) is 10.8 Å². The van der Waals surface area contributed by atoms with Crippen molar-refractivity contribution in [2.24, 2.45) is 11.3 Å². The largest absolute Gasteiger partial charge is 0.423 e. The van der Waals surface area contributed by atoms with Gasteiger partial charge in [0, 0.05) is 11.0 Å². The number of hydrogen-bond donors (Lipinski definition) is 0. The third kappa shape index (κ3) is 3.75. The molecule has 1 heterocycles. The first-order valence-electron chi connectivity index (χ1n) is 10.8. The summed E-state index contributed by atoms with van der Waals surface area (Å²) in [4.78, 5) is 38.2. The van der Waals surface area contributed by atoms with E-state index in [1.165, 1.54) is 25.1 Å². The van der Waals surface area contributed by atoms with E-state index in [9.17, 15) is 22.8 Å². The normalized spacial score (nSPS) is 23.9. The van der Waals surface area contributed by atoms with Crippen molar-refractivity contribution in [3.63, 3.8) is 0 Å². The van der Waals surface area contributed by atoms with E-state index in [2.05, 4.69) is 6.58 Å². The van der Waals surface area contributed by atoms with E-state index in [1.807, 2.05) is 0 Å². The minimum absolute atomic E-state index is 0.0161. The molecule has 3 aliphatic rings. The van der Waals surface area contributed by atoms with E-state index in [4.69, 9.17) is 9.02 Å². The summed E-state index contributed by atoms with van der Waals surface area (Å²) in [5.41, 5.74) is -0.0133. The molecule has 0 atom stereocenters. The molecule has 0 aromatic heterocycles. The molecule has 5 rings (SSSR count). The summed E-state index contributed by atoms with van der Waals surface area (Å²) in [6.45, 7) is 5.03. The van der Waals surface area contributed by atoms with Crippen LogP contribution in [0.5, 0.6) is 5.75 Å². The van der Waals surface area contributed by atoms with Crippen molar-refractivity contribution in [3.05, 3.63) is 53.6 Å². The number of ether oxygens (including phenoxy) is 1. The number of carbonyl (C=O) groups excluding carboxylic acids is 3. The summed E-state index contributed by atoms with van der Waals surface area (Å²) in [6.07, 6.45) is 4.44. The molecular formula is C24H23NO7S. The lowest BCUT2D eigenvalue weighted by molar-refractivity contribution is -0.130. The molecule has 2 amide bonds. The second kappa shape index (κ2) is 7.50. The number of amides is 2.